The van der Waals surface area contributed by atoms with Crippen molar-refractivity contribution in [1.82, 2.24) is 9.21 Å². The molecule has 2 aliphatic heterocycles. The van der Waals surface area contributed by atoms with Gasteiger partial charge in [0.05, 0.1) is 4.90 Å². The van der Waals surface area contributed by atoms with Crippen molar-refractivity contribution in [3.63, 3.8) is 0 Å². The summed E-state index contributed by atoms with van der Waals surface area (Å²) < 4.78 is 26.9. The van der Waals surface area contributed by atoms with Gasteiger partial charge in [-0.1, -0.05) is 42.0 Å². The molecule has 2 aliphatic rings. The predicted octanol–water partition coefficient (Wildman–Crippen LogP) is 2.43. The summed E-state index contributed by atoms with van der Waals surface area (Å²) in [6.07, 6.45) is 1.05. The van der Waals surface area contributed by atoms with Gasteiger partial charge in [0.2, 0.25) is 10.0 Å². The molecule has 4 nitrogen and oxygen atoms in total. The second-order valence-electron chi connectivity index (χ2n) is 6.78. The zero-order valence-electron chi connectivity index (χ0n) is 13.9. The van der Waals surface area contributed by atoms with Crippen molar-refractivity contribution < 1.29 is 8.42 Å². The van der Waals surface area contributed by atoms with Crippen LogP contribution in [0.15, 0.2) is 53.4 Å². The lowest BCUT2D eigenvalue weighted by molar-refractivity contribution is 0.0769. The van der Waals surface area contributed by atoms with Crippen molar-refractivity contribution in [1.29, 1.82) is 0 Å². The number of sulfonamides is 1. The van der Waals surface area contributed by atoms with Gasteiger partial charge in [-0.05, 0) is 36.6 Å². The van der Waals surface area contributed by atoms with E-state index in [0.717, 1.165) is 25.1 Å². The first-order valence-corrected chi connectivity index (χ1v) is 9.86. The molecule has 0 aromatic heterocycles. The van der Waals surface area contributed by atoms with Crippen molar-refractivity contribution in [3.8, 4) is 0 Å². The van der Waals surface area contributed by atoms with Gasteiger partial charge in [0.25, 0.3) is 0 Å². The molecule has 2 heterocycles. The van der Waals surface area contributed by atoms with E-state index < -0.39 is 10.0 Å². The van der Waals surface area contributed by atoms with Crippen LogP contribution in [0.4, 0.5) is 0 Å². The van der Waals surface area contributed by atoms with Crippen LogP contribution in [0.25, 0.3) is 0 Å². The third-order valence-electron chi connectivity index (χ3n) is 5.16. The van der Waals surface area contributed by atoms with Gasteiger partial charge >= 0.3 is 0 Å². The molecule has 0 unspecified atom stereocenters. The number of nitrogens with zero attached hydrogens (tertiary/aromatic N) is 2. The number of aryl methyl sites for hydroxylation is 1. The van der Waals surface area contributed by atoms with Crippen LogP contribution in [0.1, 0.15) is 16.7 Å². The highest BCUT2D eigenvalue weighted by molar-refractivity contribution is 7.89. The Hall–Kier alpha value is -1.69. The number of hydrogen-bond acceptors (Lipinski definition) is 3. The van der Waals surface area contributed by atoms with E-state index in [0.29, 0.717) is 24.0 Å². The van der Waals surface area contributed by atoms with Crippen LogP contribution in [0.5, 0.6) is 0 Å². The van der Waals surface area contributed by atoms with E-state index in [-0.39, 0.29) is 0 Å². The van der Waals surface area contributed by atoms with Crippen LogP contribution < -0.4 is 0 Å². The van der Waals surface area contributed by atoms with Gasteiger partial charge < -0.3 is 0 Å². The number of rotatable bonds is 3. The van der Waals surface area contributed by atoms with Crippen molar-refractivity contribution in [3.05, 3.63) is 65.2 Å². The van der Waals surface area contributed by atoms with Crippen LogP contribution in [-0.2, 0) is 23.0 Å². The number of benzene rings is 2. The fraction of sp³-hybridized carbons (Fsp3) is 0.368. The maximum atomic E-state index is 12.7. The molecule has 1 saturated heterocycles. The maximum Gasteiger partial charge on any atom is 0.243 e. The monoisotopic (exact) mass is 342 g/mol. The Labute approximate surface area is 143 Å². The van der Waals surface area contributed by atoms with Crippen LogP contribution in [0.3, 0.4) is 0 Å². The molecule has 1 fully saturated rings. The molecule has 0 saturated carbocycles. The highest BCUT2D eigenvalue weighted by Gasteiger charge is 2.40. The SMILES string of the molecule is Cc1ccc(S(=O)(=O)N2CC(N3CCc4ccccc4C3)C2)cc1. The number of fused-ring (bicyclic) bond motifs is 1. The molecule has 5 heteroatoms. The van der Waals surface area contributed by atoms with E-state index in [4.69, 9.17) is 0 Å². The minimum atomic E-state index is -3.34. The Balaban J connectivity index is 1.42. The van der Waals surface area contributed by atoms with Crippen LogP contribution >= 0.6 is 0 Å². The van der Waals surface area contributed by atoms with E-state index in [1.165, 1.54) is 11.1 Å². The van der Waals surface area contributed by atoms with Gasteiger partial charge in [0.1, 0.15) is 0 Å². The summed E-state index contributed by atoms with van der Waals surface area (Å²) in [5.74, 6) is 0. The van der Waals surface area contributed by atoms with E-state index in [1.807, 2.05) is 19.1 Å². The van der Waals surface area contributed by atoms with E-state index in [1.54, 1.807) is 16.4 Å². The number of hydrogen-bond donors (Lipinski definition) is 0. The summed E-state index contributed by atoms with van der Waals surface area (Å²) in [6.45, 7) is 5.10. The quantitative estimate of drug-likeness (QED) is 0.860. The van der Waals surface area contributed by atoms with E-state index >= 15 is 0 Å². The van der Waals surface area contributed by atoms with Gasteiger partial charge in [-0.15, -0.1) is 0 Å². The predicted molar refractivity (Wildman–Crippen MR) is 94.3 cm³/mol. The normalized spacial score (nSPS) is 19.7. The third kappa shape index (κ3) is 2.77. The Kier molecular flexibility index (Phi) is 3.95. The van der Waals surface area contributed by atoms with Crippen molar-refractivity contribution in [2.45, 2.75) is 30.8 Å². The topological polar surface area (TPSA) is 40.6 Å². The summed E-state index contributed by atoms with van der Waals surface area (Å²) in [6, 6.07) is 16.0. The average molecular weight is 342 g/mol. The molecule has 4 rings (SSSR count). The highest BCUT2D eigenvalue weighted by Crippen LogP contribution is 2.28. The molecule has 0 radical (unpaired) electrons. The van der Waals surface area contributed by atoms with Crippen molar-refractivity contribution in [2.24, 2.45) is 0 Å². The third-order valence-corrected chi connectivity index (χ3v) is 7.01. The zero-order valence-corrected chi connectivity index (χ0v) is 14.7. The fourth-order valence-corrected chi connectivity index (χ4v) is 5.05. The standard InChI is InChI=1S/C19H22N2O2S/c1-15-6-8-19(9-7-15)24(22,23)21-13-18(14-21)20-11-10-16-4-2-3-5-17(16)12-20/h2-9,18H,10-14H2,1H3. The largest absolute Gasteiger partial charge is 0.293 e. The molecule has 126 valence electrons. The van der Waals surface area contributed by atoms with Gasteiger partial charge in [0, 0.05) is 32.2 Å². The molecule has 2 aromatic carbocycles. The Morgan fingerprint density at radius 1 is 0.958 bits per heavy atom. The molecule has 0 atom stereocenters. The van der Waals surface area contributed by atoms with Gasteiger partial charge in [-0.3, -0.25) is 4.90 Å². The Bertz CT molecular complexity index is 840. The first kappa shape index (κ1) is 15.8. The minimum Gasteiger partial charge on any atom is -0.293 e. The molecule has 0 amide bonds. The Morgan fingerprint density at radius 3 is 2.33 bits per heavy atom. The smallest absolute Gasteiger partial charge is 0.243 e. The maximum absolute atomic E-state index is 12.7. The summed E-state index contributed by atoms with van der Waals surface area (Å²) >= 11 is 0. The van der Waals surface area contributed by atoms with Gasteiger partial charge in [0.15, 0.2) is 0 Å². The van der Waals surface area contributed by atoms with E-state index in [9.17, 15) is 8.42 Å². The lowest BCUT2D eigenvalue weighted by Crippen LogP contribution is -2.61. The highest BCUT2D eigenvalue weighted by atomic mass is 32.2. The first-order valence-electron chi connectivity index (χ1n) is 8.42. The molecule has 0 spiro atoms. The second-order valence-corrected chi connectivity index (χ2v) is 8.72. The van der Waals surface area contributed by atoms with Crippen LogP contribution in [0, 0.1) is 6.92 Å². The van der Waals surface area contributed by atoms with Crippen LogP contribution in [0.2, 0.25) is 0 Å². The summed E-state index contributed by atoms with van der Waals surface area (Å²) in [4.78, 5) is 2.82. The summed E-state index contributed by atoms with van der Waals surface area (Å²) in [5, 5.41) is 0. The molecular formula is C19H22N2O2S. The lowest BCUT2D eigenvalue weighted by atomic mass is 9.97. The fourth-order valence-electron chi connectivity index (χ4n) is 3.53. The van der Waals surface area contributed by atoms with Gasteiger partial charge in [-0.25, -0.2) is 8.42 Å². The molecule has 0 aliphatic carbocycles. The van der Waals surface area contributed by atoms with E-state index in [2.05, 4.69) is 29.2 Å². The lowest BCUT2D eigenvalue weighted by Gasteiger charge is -2.46. The second kappa shape index (κ2) is 5.99. The van der Waals surface area contributed by atoms with Crippen molar-refractivity contribution >= 4 is 10.0 Å². The first-order chi connectivity index (χ1) is 11.5. The minimum absolute atomic E-state index is 0.332. The molecular weight excluding hydrogens is 320 g/mol. The molecule has 0 bridgehead atoms. The van der Waals surface area contributed by atoms with Crippen molar-refractivity contribution in [2.75, 3.05) is 19.6 Å². The summed E-state index contributed by atoms with van der Waals surface area (Å²) in [5.41, 5.74) is 3.88. The Morgan fingerprint density at radius 2 is 1.62 bits per heavy atom. The average Bonchev–Trinajstić information content (AvgIpc) is 2.53. The zero-order chi connectivity index (χ0) is 16.7. The van der Waals surface area contributed by atoms with Gasteiger partial charge in [-0.2, -0.15) is 4.31 Å². The summed E-state index contributed by atoms with van der Waals surface area (Å²) in [7, 11) is -3.34. The molecule has 0 N–H and O–H groups in total. The molecule has 24 heavy (non-hydrogen) atoms. The van der Waals surface area contributed by atoms with Crippen LogP contribution in [-0.4, -0.2) is 43.3 Å². The molecule has 2 aromatic rings.